The van der Waals surface area contributed by atoms with Crippen molar-refractivity contribution in [3.05, 3.63) is 72.2 Å². The van der Waals surface area contributed by atoms with Gasteiger partial charge in [-0.3, -0.25) is 4.98 Å². The van der Waals surface area contributed by atoms with E-state index in [0.29, 0.717) is 12.5 Å². The largest absolute Gasteiger partial charge is 0.494 e. The van der Waals surface area contributed by atoms with Crippen LogP contribution in [0.4, 0.5) is 0 Å². The van der Waals surface area contributed by atoms with Crippen molar-refractivity contribution in [1.29, 1.82) is 0 Å². The summed E-state index contributed by atoms with van der Waals surface area (Å²) in [4.78, 5) is 6.79. The van der Waals surface area contributed by atoms with Crippen molar-refractivity contribution in [3.63, 3.8) is 0 Å². The molecule has 0 radical (unpaired) electrons. The Balaban J connectivity index is 1.67. The number of pyridine rings is 1. The van der Waals surface area contributed by atoms with Crippen LogP contribution < -0.4 is 10.1 Å². The smallest absolute Gasteiger partial charge is 0.170 e. The zero-order valence-electron chi connectivity index (χ0n) is 17.5. The van der Waals surface area contributed by atoms with Crippen molar-refractivity contribution in [1.82, 2.24) is 15.2 Å². The van der Waals surface area contributed by atoms with Gasteiger partial charge in [-0.2, -0.15) is 0 Å². The fourth-order valence-electron chi connectivity index (χ4n) is 3.85. The van der Waals surface area contributed by atoms with E-state index in [4.69, 9.17) is 21.4 Å². The lowest BCUT2D eigenvalue weighted by Gasteiger charge is -2.27. The Morgan fingerprint density at radius 3 is 2.60 bits per heavy atom. The van der Waals surface area contributed by atoms with E-state index in [9.17, 15) is 0 Å². The van der Waals surface area contributed by atoms with Gasteiger partial charge in [0.2, 0.25) is 0 Å². The third-order valence-electron chi connectivity index (χ3n) is 5.13. The van der Waals surface area contributed by atoms with Crippen molar-refractivity contribution in [2.24, 2.45) is 5.92 Å². The number of aromatic nitrogens is 1. The molecule has 0 bridgehead atoms. The van der Waals surface area contributed by atoms with Crippen LogP contribution in [0, 0.1) is 5.92 Å². The number of nitrogens with zero attached hydrogens (tertiary/aromatic N) is 2. The molecule has 1 saturated heterocycles. The van der Waals surface area contributed by atoms with Gasteiger partial charge in [0.1, 0.15) is 23.3 Å². The van der Waals surface area contributed by atoms with Crippen LogP contribution in [0.5, 0.6) is 5.75 Å². The molecule has 3 heterocycles. The van der Waals surface area contributed by atoms with Crippen LogP contribution in [0.25, 0.3) is 11.3 Å². The summed E-state index contributed by atoms with van der Waals surface area (Å²) < 4.78 is 11.9. The Kier molecular flexibility index (Phi) is 6.04. The Morgan fingerprint density at radius 2 is 1.93 bits per heavy atom. The Bertz CT molecular complexity index is 985. The lowest BCUT2D eigenvalue weighted by Crippen LogP contribution is -2.32. The van der Waals surface area contributed by atoms with Crippen LogP contribution in [0.15, 0.2) is 65.2 Å². The predicted molar refractivity (Wildman–Crippen MR) is 122 cm³/mol. The van der Waals surface area contributed by atoms with Crippen LogP contribution in [0.2, 0.25) is 0 Å². The van der Waals surface area contributed by atoms with Crippen LogP contribution in [-0.4, -0.2) is 28.1 Å². The first kappa shape index (κ1) is 20.4. The third kappa shape index (κ3) is 4.19. The van der Waals surface area contributed by atoms with Gasteiger partial charge >= 0.3 is 0 Å². The molecule has 6 heteroatoms. The van der Waals surface area contributed by atoms with E-state index < -0.39 is 0 Å². The first-order chi connectivity index (χ1) is 14.6. The Labute approximate surface area is 183 Å². The lowest BCUT2D eigenvalue weighted by atomic mass is 10.0. The maximum absolute atomic E-state index is 6.36. The molecule has 0 unspecified atom stereocenters. The molecule has 1 aliphatic heterocycles. The zero-order valence-corrected chi connectivity index (χ0v) is 18.4. The van der Waals surface area contributed by atoms with Gasteiger partial charge in [0.05, 0.1) is 18.3 Å². The van der Waals surface area contributed by atoms with Gasteiger partial charge in [-0.1, -0.05) is 19.9 Å². The van der Waals surface area contributed by atoms with Gasteiger partial charge in [0.25, 0.3) is 0 Å². The van der Waals surface area contributed by atoms with Crippen molar-refractivity contribution in [2.45, 2.75) is 32.9 Å². The molecule has 3 aromatic rings. The number of ether oxygens (including phenoxy) is 1. The van der Waals surface area contributed by atoms with Gasteiger partial charge in [-0.25, -0.2) is 0 Å². The molecule has 0 aliphatic carbocycles. The number of hydrogen-bond acceptors (Lipinski definition) is 4. The summed E-state index contributed by atoms with van der Waals surface area (Å²) in [7, 11) is 0. The summed E-state index contributed by atoms with van der Waals surface area (Å²) in [6.07, 6.45) is 1.82. The van der Waals surface area contributed by atoms with Gasteiger partial charge < -0.3 is 19.4 Å². The van der Waals surface area contributed by atoms with E-state index >= 15 is 0 Å². The van der Waals surface area contributed by atoms with Gasteiger partial charge in [-0.05, 0) is 73.6 Å². The minimum atomic E-state index is -0.0585. The number of thiocarbonyl (C=S) groups is 1. The lowest BCUT2D eigenvalue weighted by molar-refractivity contribution is 0.253. The highest BCUT2D eigenvalue weighted by molar-refractivity contribution is 7.80. The van der Waals surface area contributed by atoms with E-state index in [-0.39, 0.29) is 12.1 Å². The van der Waals surface area contributed by atoms with E-state index in [1.165, 1.54) is 0 Å². The van der Waals surface area contributed by atoms with Gasteiger partial charge in [0.15, 0.2) is 5.11 Å². The highest BCUT2D eigenvalue weighted by Crippen LogP contribution is 2.40. The standard InChI is InChI=1S/C24H27N3O2S/c1-4-28-18-10-8-17(9-11-18)20-12-13-21(29-20)23-22(19-7-5-6-14-25-19)26-24(30)27(23)15-16(2)3/h5-14,16,22-23H,4,15H2,1-3H3,(H,26,30)/t22-,23-/m1/s1. The third-order valence-corrected chi connectivity index (χ3v) is 5.48. The average molecular weight is 422 g/mol. The zero-order chi connectivity index (χ0) is 21.1. The summed E-state index contributed by atoms with van der Waals surface area (Å²) in [5, 5.41) is 4.20. The summed E-state index contributed by atoms with van der Waals surface area (Å²) in [5.41, 5.74) is 1.97. The molecule has 2 aromatic heterocycles. The monoisotopic (exact) mass is 421 g/mol. The molecule has 4 rings (SSSR count). The summed E-state index contributed by atoms with van der Waals surface area (Å²) in [6.45, 7) is 7.87. The number of nitrogens with one attached hydrogen (secondary N) is 1. The fraction of sp³-hybridized carbons (Fsp3) is 0.333. The number of furan rings is 1. The van der Waals surface area contributed by atoms with Crippen LogP contribution in [-0.2, 0) is 0 Å². The minimum absolute atomic E-state index is 0.0498. The van der Waals surface area contributed by atoms with E-state index in [0.717, 1.165) is 40.2 Å². The molecule has 2 atom stereocenters. The highest BCUT2D eigenvalue weighted by Gasteiger charge is 2.41. The first-order valence-electron chi connectivity index (χ1n) is 10.4. The van der Waals surface area contributed by atoms with Crippen LogP contribution >= 0.6 is 12.2 Å². The second-order valence-corrected chi connectivity index (χ2v) is 8.22. The summed E-state index contributed by atoms with van der Waals surface area (Å²) >= 11 is 5.68. The summed E-state index contributed by atoms with van der Waals surface area (Å²) in [5.74, 6) is 3.03. The van der Waals surface area contributed by atoms with E-state index in [1.54, 1.807) is 0 Å². The SMILES string of the molecule is CCOc1ccc(-c2ccc([C@@H]3[C@@H](c4ccccn4)NC(=S)N3CC(C)C)o2)cc1. The molecular formula is C24H27N3O2S. The van der Waals surface area contributed by atoms with Crippen LogP contribution in [0.3, 0.4) is 0 Å². The molecule has 1 aromatic carbocycles. The van der Waals surface area contributed by atoms with Gasteiger partial charge in [0, 0.05) is 18.3 Å². The molecule has 5 nitrogen and oxygen atoms in total. The second kappa shape index (κ2) is 8.88. The molecule has 1 fully saturated rings. The van der Waals surface area contributed by atoms with E-state index in [2.05, 4.69) is 35.1 Å². The van der Waals surface area contributed by atoms with Crippen molar-refractivity contribution in [2.75, 3.05) is 13.2 Å². The van der Waals surface area contributed by atoms with Gasteiger partial charge in [-0.15, -0.1) is 0 Å². The Hall–Kier alpha value is -2.86. The predicted octanol–water partition coefficient (Wildman–Crippen LogP) is 5.37. The number of benzene rings is 1. The number of hydrogen-bond donors (Lipinski definition) is 1. The second-order valence-electron chi connectivity index (χ2n) is 7.83. The van der Waals surface area contributed by atoms with Crippen molar-refractivity contribution in [3.8, 4) is 17.1 Å². The quantitative estimate of drug-likeness (QED) is 0.518. The molecular weight excluding hydrogens is 394 g/mol. The molecule has 0 amide bonds. The normalized spacial score (nSPS) is 18.7. The molecule has 30 heavy (non-hydrogen) atoms. The summed E-state index contributed by atoms with van der Waals surface area (Å²) in [6, 6.07) is 17.9. The molecule has 156 valence electrons. The maximum Gasteiger partial charge on any atom is 0.170 e. The topological polar surface area (TPSA) is 50.5 Å². The molecule has 0 spiro atoms. The van der Waals surface area contributed by atoms with Crippen LogP contribution in [0.1, 0.15) is 44.3 Å². The van der Waals surface area contributed by atoms with E-state index in [1.807, 2.05) is 61.7 Å². The number of rotatable bonds is 7. The minimum Gasteiger partial charge on any atom is -0.494 e. The first-order valence-corrected chi connectivity index (χ1v) is 10.8. The maximum atomic E-state index is 6.36. The molecule has 1 N–H and O–H groups in total. The Morgan fingerprint density at radius 1 is 1.13 bits per heavy atom. The fourth-order valence-corrected chi connectivity index (χ4v) is 4.17. The average Bonchev–Trinajstić information content (AvgIpc) is 3.34. The van der Waals surface area contributed by atoms with Crippen molar-refractivity contribution < 1.29 is 9.15 Å². The van der Waals surface area contributed by atoms with Crippen molar-refractivity contribution >= 4 is 17.3 Å². The molecule has 1 aliphatic rings. The highest BCUT2D eigenvalue weighted by atomic mass is 32.1. The molecule has 0 saturated carbocycles.